The van der Waals surface area contributed by atoms with Crippen molar-refractivity contribution in [2.45, 2.75) is 26.2 Å². The maximum Gasteiger partial charge on any atom is 0.145 e. The first-order chi connectivity index (χ1) is 33.9. The molecule has 0 atom stereocenters. The molecule has 0 radical (unpaired) electrons. The lowest BCUT2D eigenvalue weighted by molar-refractivity contribution is 0.483. The Morgan fingerprint density at radius 3 is 1.68 bits per heavy atom. The highest BCUT2D eigenvalue weighted by molar-refractivity contribution is 6.24. The van der Waals surface area contributed by atoms with Crippen LogP contribution in [-0.2, 0) is 5.41 Å². The third-order valence-electron chi connectivity index (χ3n) is 14.0. The maximum atomic E-state index is 6.95. The third kappa shape index (κ3) is 6.72. The van der Waals surface area contributed by atoms with Gasteiger partial charge < -0.3 is 14.5 Å². The molecule has 0 amide bonds. The number of hydrogen-bond acceptors (Lipinski definition) is 4. The van der Waals surface area contributed by atoms with E-state index in [1.807, 2.05) is 12.3 Å². The van der Waals surface area contributed by atoms with Crippen molar-refractivity contribution in [1.29, 1.82) is 0 Å². The highest BCUT2D eigenvalue weighted by Crippen LogP contribution is 2.51. The van der Waals surface area contributed by atoms with Crippen LogP contribution in [-0.4, -0.2) is 16.1 Å². The smallest absolute Gasteiger partial charge is 0.145 e. The van der Waals surface area contributed by atoms with Crippen molar-refractivity contribution in [2.75, 3.05) is 16.5 Å². The summed E-state index contributed by atoms with van der Waals surface area (Å²) in [6.45, 7) is 7.49. The molecule has 13 rings (SSSR count). The van der Waals surface area contributed by atoms with E-state index in [1.165, 1.54) is 66.1 Å². The van der Waals surface area contributed by atoms with Crippen molar-refractivity contribution in [3.05, 3.63) is 230 Å². The van der Waals surface area contributed by atoms with Gasteiger partial charge in [0.05, 0.1) is 28.1 Å². The van der Waals surface area contributed by atoms with E-state index in [4.69, 9.17) is 9.72 Å². The van der Waals surface area contributed by atoms with Crippen molar-refractivity contribution >= 4 is 82.5 Å². The number of ether oxygens (including phenoxy) is 1. The van der Waals surface area contributed by atoms with Gasteiger partial charge in [0.1, 0.15) is 23.8 Å². The molecule has 0 saturated carbocycles. The molecule has 5 heteroatoms. The lowest BCUT2D eigenvalue weighted by atomic mass is 9.86. The second-order valence-electron chi connectivity index (χ2n) is 19.2. The molecular formula is C64H48N4O. The molecule has 5 nitrogen and oxygen atoms in total. The third-order valence-corrected chi connectivity index (χ3v) is 14.0. The Hall–Kier alpha value is -8.67. The predicted octanol–water partition coefficient (Wildman–Crippen LogP) is 17.3. The fraction of sp³-hybridized carbons (Fsp3) is 0.0781. The number of rotatable bonds is 6. The first kappa shape index (κ1) is 40.6. The van der Waals surface area contributed by atoms with Gasteiger partial charge in [-0.1, -0.05) is 178 Å². The second-order valence-corrected chi connectivity index (χ2v) is 19.2. The van der Waals surface area contributed by atoms with Gasteiger partial charge in [0, 0.05) is 56.7 Å². The van der Waals surface area contributed by atoms with Crippen LogP contribution >= 0.6 is 0 Å². The fourth-order valence-electron chi connectivity index (χ4n) is 10.8. The number of para-hydroxylation sites is 2. The van der Waals surface area contributed by atoms with E-state index < -0.39 is 0 Å². The molecule has 0 saturated heterocycles. The van der Waals surface area contributed by atoms with Gasteiger partial charge in [0.2, 0.25) is 0 Å². The summed E-state index contributed by atoms with van der Waals surface area (Å²) in [5.74, 6) is 1.51. The minimum atomic E-state index is -0.0409. The Kier molecular flexibility index (Phi) is 9.41. The molecule has 12 aromatic rings. The molecule has 9 aromatic carbocycles. The van der Waals surface area contributed by atoms with Gasteiger partial charge in [-0.25, -0.2) is 4.98 Å². The van der Waals surface area contributed by atoms with Crippen LogP contribution in [0, 0.1) is 0 Å². The summed E-state index contributed by atoms with van der Waals surface area (Å²) in [6, 6.07) is 78.7. The second kappa shape index (κ2) is 16.0. The van der Waals surface area contributed by atoms with Gasteiger partial charge in [0.15, 0.2) is 0 Å². The van der Waals surface area contributed by atoms with E-state index in [9.17, 15) is 0 Å². The van der Waals surface area contributed by atoms with Crippen molar-refractivity contribution < 1.29 is 4.74 Å². The van der Waals surface area contributed by atoms with Gasteiger partial charge in [-0.2, -0.15) is 0 Å². The number of anilines is 4. The van der Waals surface area contributed by atoms with Crippen LogP contribution in [0.4, 0.5) is 22.7 Å². The van der Waals surface area contributed by atoms with Gasteiger partial charge in [-0.3, -0.25) is 4.40 Å². The molecule has 3 aromatic heterocycles. The van der Waals surface area contributed by atoms with Crippen LogP contribution in [0.3, 0.4) is 0 Å². The van der Waals surface area contributed by atoms with Crippen molar-refractivity contribution in [3.63, 3.8) is 0 Å². The van der Waals surface area contributed by atoms with E-state index in [-0.39, 0.29) is 5.41 Å². The minimum Gasteiger partial charge on any atom is -0.457 e. The van der Waals surface area contributed by atoms with Gasteiger partial charge in [-0.15, -0.1) is 0 Å². The predicted molar refractivity (Wildman–Crippen MR) is 290 cm³/mol. The summed E-state index contributed by atoms with van der Waals surface area (Å²) in [5.41, 5.74) is 13.6. The highest BCUT2D eigenvalue weighted by Gasteiger charge is 2.33. The quantitative estimate of drug-likeness (QED) is 0.167. The normalized spacial score (nSPS) is 12.7. The number of hydrogen-bond donors (Lipinski definition) is 0. The Balaban J connectivity index is 0.962. The Bertz CT molecular complexity index is 3960. The molecular weight excluding hydrogens is 841 g/mol. The number of pyridine rings is 1. The van der Waals surface area contributed by atoms with Gasteiger partial charge in [0.25, 0.3) is 0 Å². The lowest BCUT2D eigenvalue weighted by Gasteiger charge is -2.28. The molecule has 4 heterocycles. The molecule has 330 valence electrons. The average molecular weight is 889 g/mol. The molecule has 0 bridgehead atoms. The largest absolute Gasteiger partial charge is 0.457 e. The molecule has 69 heavy (non-hydrogen) atoms. The van der Waals surface area contributed by atoms with Crippen LogP contribution in [0.15, 0.2) is 225 Å². The highest BCUT2D eigenvalue weighted by atomic mass is 16.5. The Morgan fingerprint density at radius 1 is 0.435 bits per heavy atom. The summed E-state index contributed by atoms with van der Waals surface area (Å²) in [4.78, 5) is 10.1. The summed E-state index contributed by atoms with van der Waals surface area (Å²) >= 11 is 0. The van der Waals surface area contributed by atoms with E-state index >= 15 is 0 Å². The topological polar surface area (TPSA) is 33.0 Å². The van der Waals surface area contributed by atoms with Gasteiger partial charge in [-0.05, 0) is 92.2 Å². The standard InChI is InChI=1S/C64H48N4O/c1-64(2,3)44-33-36-58-60(38-44)67(61-48(42-18-6-4-7-19-42)28-15-29-49(61)43-20-8-5-9-21-43)41-66(58)45-22-14-23-46(39-45)69-47-34-35-54-56-31-16-30-55-52-26-12-10-24-50(52)51-25-11-13-27-53(51)57-32-17-37-65-63(57)68(62(55)56)59(54)40-47/h4-40H,41H2,1-3H3. The zero-order chi connectivity index (χ0) is 46.2. The van der Waals surface area contributed by atoms with E-state index in [2.05, 4.69) is 247 Å². The maximum absolute atomic E-state index is 6.95. The number of nitrogens with zero attached hydrogens (tertiary/aromatic N) is 4. The molecule has 0 fully saturated rings. The SMILES string of the molecule is CC(C)(C)c1ccc2c(c1)N(c1c(-c3ccccc3)cccc1-c1ccccc1)CN2c1cccc(Oc2ccc3c4cccc5c6ccccc6c6ccccc6c6cccnc6n(c3c2)c54)c1. The minimum absolute atomic E-state index is 0.0409. The van der Waals surface area contributed by atoms with Crippen LogP contribution in [0.1, 0.15) is 26.3 Å². The van der Waals surface area contributed by atoms with E-state index in [0.717, 1.165) is 55.7 Å². The Labute approximate surface area is 401 Å². The van der Waals surface area contributed by atoms with Crippen molar-refractivity contribution in [1.82, 2.24) is 9.38 Å². The molecule has 0 spiro atoms. The first-order valence-electron chi connectivity index (χ1n) is 23.8. The monoisotopic (exact) mass is 888 g/mol. The summed E-state index contributed by atoms with van der Waals surface area (Å²) in [5, 5.41) is 9.29. The lowest BCUT2D eigenvalue weighted by Crippen LogP contribution is -2.25. The molecule has 1 aliphatic rings. The Morgan fingerprint density at radius 2 is 1.00 bits per heavy atom. The fourth-order valence-corrected chi connectivity index (χ4v) is 10.8. The number of fused-ring (bicyclic) bond motifs is 11. The zero-order valence-corrected chi connectivity index (χ0v) is 38.8. The van der Waals surface area contributed by atoms with Crippen LogP contribution in [0.5, 0.6) is 11.5 Å². The van der Waals surface area contributed by atoms with Crippen LogP contribution < -0.4 is 14.5 Å². The number of aromatic nitrogens is 2. The van der Waals surface area contributed by atoms with Crippen molar-refractivity contribution in [2.24, 2.45) is 0 Å². The molecule has 0 unspecified atom stereocenters. The summed E-state index contributed by atoms with van der Waals surface area (Å²) in [6.07, 6.45) is 1.91. The molecule has 0 aliphatic carbocycles. The first-order valence-corrected chi connectivity index (χ1v) is 23.8. The van der Waals surface area contributed by atoms with E-state index in [1.54, 1.807) is 0 Å². The van der Waals surface area contributed by atoms with Crippen LogP contribution in [0.25, 0.3) is 82.0 Å². The molecule has 0 N–H and O–H groups in total. The van der Waals surface area contributed by atoms with E-state index in [0.29, 0.717) is 6.67 Å². The van der Waals surface area contributed by atoms with Crippen LogP contribution in [0.2, 0.25) is 0 Å². The average Bonchev–Trinajstić information content (AvgIpc) is 3.95. The number of benzene rings is 9. The van der Waals surface area contributed by atoms with Gasteiger partial charge >= 0.3 is 0 Å². The summed E-state index contributed by atoms with van der Waals surface area (Å²) in [7, 11) is 0. The summed E-state index contributed by atoms with van der Waals surface area (Å²) < 4.78 is 9.31. The zero-order valence-electron chi connectivity index (χ0n) is 38.8. The molecule has 1 aliphatic heterocycles. The van der Waals surface area contributed by atoms with Crippen molar-refractivity contribution in [3.8, 4) is 33.8 Å².